The zero-order valence-corrected chi connectivity index (χ0v) is 13.7. The van der Waals surface area contributed by atoms with Gasteiger partial charge in [-0.15, -0.1) is 0 Å². The summed E-state index contributed by atoms with van der Waals surface area (Å²) in [7, 11) is 1.47. The lowest BCUT2D eigenvalue weighted by Gasteiger charge is -2.15. The van der Waals surface area contributed by atoms with Crippen molar-refractivity contribution >= 4 is 5.97 Å². The number of alkyl halides is 3. The third-order valence-corrected chi connectivity index (χ3v) is 3.65. The number of carbonyl (C=O) groups is 1. The smallest absolute Gasteiger partial charge is 0.422 e. The van der Waals surface area contributed by atoms with Gasteiger partial charge in [0.2, 0.25) is 0 Å². The number of aromatic nitrogens is 2. The van der Waals surface area contributed by atoms with Crippen LogP contribution in [0.1, 0.15) is 16.7 Å². The van der Waals surface area contributed by atoms with Gasteiger partial charge in [-0.1, -0.05) is 12.1 Å². The van der Waals surface area contributed by atoms with Crippen LogP contribution in [0.25, 0.3) is 0 Å². The summed E-state index contributed by atoms with van der Waals surface area (Å²) < 4.78 is 45.7. The van der Waals surface area contributed by atoms with Gasteiger partial charge < -0.3 is 15.6 Å². The largest absolute Gasteiger partial charge is 0.497 e. The summed E-state index contributed by atoms with van der Waals surface area (Å²) in [5.74, 6) is -0.913. The lowest BCUT2D eigenvalue weighted by Crippen LogP contribution is -2.37. The Morgan fingerprint density at radius 3 is 2.46 bits per heavy atom. The van der Waals surface area contributed by atoms with Gasteiger partial charge in [0.05, 0.1) is 19.9 Å². The number of methoxy groups -OCH3 is 1. The number of halogens is 3. The molecule has 10 heteroatoms. The Kier molecular flexibility index (Phi) is 5.66. The van der Waals surface area contributed by atoms with Crippen molar-refractivity contribution in [1.82, 2.24) is 9.78 Å². The molecule has 0 aliphatic rings. The van der Waals surface area contributed by atoms with E-state index < -0.39 is 41.3 Å². The number of benzene rings is 1. The molecule has 1 aromatic carbocycles. The highest BCUT2D eigenvalue weighted by atomic mass is 19.4. The maximum atomic E-state index is 13.3. The van der Waals surface area contributed by atoms with Gasteiger partial charge in [0.25, 0.3) is 5.56 Å². The van der Waals surface area contributed by atoms with Crippen LogP contribution in [0.2, 0.25) is 0 Å². The molecule has 7 nitrogen and oxygen atoms in total. The highest BCUT2D eigenvalue weighted by Gasteiger charge is 2.38. The van der Waals surface area contributed by atoms with Gasteiger partial charge in [-0.2, -0.15) is 18.3 Å². The monoisotopic (exact) mass is 371 g/mol. The lowest BCUT2D eigenvalue weighted by atomic mass is 10.0. The van der Waals surface area contributed by atoms with E-state index in [1.165, 1.54) is 7.11 Å². The van der Waals surface area contributed by atoms with Gasteiger partial charge >= 0.3 is 12.1 Å². The van der Waals surface area contributed by atoms with Crippen LogP contribution < -0.4 is 16.0 Å². The summed E-state index contributed by atoms with van der Waals surface area (Å²) in [6, 6.07) is 4.81. The van der Waals surface area contributed by atoms with Crippen LogP contribution in [-0.4, -0.2) is 34.0 Å². The van der Waals surface area contributed by atoms with E-state index in [0.717, 1.165) is 6.20 Å². The van der Waals surface area contributed by atoms with Crippen molar-refractivity contribution in [2.75, 3.05) is 7.11 Å². The molecule has 0 unspecified atom stereocenters. The summed E-state index contributed by atoms with van der Waals surface area (Å²) in [6.07, 6.45) is -4.79. The molecule has 0 amide bonds. The number of carboxylic acids is 1. The fourth-order valence-corrected chi connectivity index (χ4v) is 2.32. The Morgan fingerprint density at radius 1 is 1.35 bits per heavy atom. The van der Waals surface area contributed by atoms with E-state index in [1.54, 1.807) is 24.3 Å². The molecule has 1 atom stereocenters. The quantitative estimate of drug-likeness (QED) is 0.792. The Hall–Kier alpha value is -2.88. The van der Waals surface area contributed by atoms with Crippen LogP contribution in [0.4, 0.5) is 13.2 Å². The zero-order valence-electron chi connectivity index (χ0n) is 13.7. The second-order valence-corrected chi connectivity index (χ2v) is 5.50. The fourth-order valence-electron chi connectivity index (χ4n) is 2.32. The van der Waals surface area contributed by atoms with E-state index in [0.29, 0.717) is 16.0 Å². The molecule has 2 rings (SSSR count). The molecule has 0 aliphatic heterocycles. The molecule has 0 fully saturated rings. The number of carboxylic acid groups (broad SMARTS) is 1. The van der Waals surface area contributed by atoms with Crippen molar-refractivity contribution in [2.24, 2.45) is 5.73 Å². The summed E-state index contributed by atoms with van der Waals surface area (Å²) in [5.41, 5.74) is 2.46. The van der Waals surface area contributed by atoms with Crippen molar-refractivity contribution in [1.29, 1.82) is 0 Å². The first-order valence-electron chi connectivity index (χ1n) is 7.41. The van der Waals surface area contributed by atoms with E-state index in [-0.39, 0.29) is 6.54 Å². The maximum Gasteiger partial charge on any atom is 0.422 e. The minimum Gasteiger partial charge on any atom is -0.497 e. The first-order valence-corrected chi connectivity index (χ1v) is 7.41. The number of hydrogen-bond acceptors (Lipinski definition) is 5. The summed E-state index contributed by atoms with van der Waals surface area (Å²) in [5, 5.41) is 12.5. The Morgan fingerprint density at radius 2 is 1.96 bits per heavy atom. The molecule has 0 saturated heterocycles. The predicted molar refractivity (Wildman–Crippen MR) is 84.9 cm³/mol. The summed E-state index contributed by atoms with van der Waals surface area (Å²) in [6.45, 7) is -0.183. The van der Waals surface area contributed by atoms with Crippen molar-refractivity contribution in [3.63, 3.8) is 0 Å². The number of ether oxygens (including phenoxy) is 1. The standard InChI is InChI=1S/C16H16F3N3O4/c1-26-11-4-2-9(3-5-11)8-22-14(23)13(16(17,18)19)10(7-21-22)6-12(20)15(24)25/h2-5,7,12H,6,8,20H2,1H3,(H,24,25)/t12-/m0/s1. The van der Waals surface area contributed by atoms with E-state index in [4.69, 9.17) is 15.6 Å². The van der Waals surface area contributed by atoms with Crippen molar-refractivity contribution in [3.05, 3.63) is 57.5 Å². The normalized spacial score (nSPS) is 12.7. The number of nitrogens with zero attached hydrogens (tertiary/aromatic N) is 2. The molecule has 26 heavy (non-hydrogen) atoms. The van der Waals surface area contributed by atoms with Crippen LogP contribution in [0.5, 0.6) is 5.75 Å². The summed E-state index contributed by atoms with van der Waals surface area (Å²) >= 11 is 0. The van der Waals surface area contributed by atoms with Gasteiger partial charge in [-0.3, -0.25) is 9.59 Å². The Bertz CT molecular complexity index is 847. The SMILES string of the molecule is COc1ccc(Cn2ncc(C[C@H](N)C(=O)O)c(C(F)(F)F)c2=O)cc1. The minimum absolute atomic E-state index is 0.183. The number of aliphatic carboxylic acids is 1. The molecule has 0 bridgehead atoms. The summed E-state index contributed by atoms with van der Waals surface area (Å²) in [4.78, 5) is 23.1. The molecule has 0 saturated carbocycles. The van der Waals surface area contributed by atoms with Gasteiger partial charge in [0.15, 0.2) is 0 Å². The highest BCUT2D eigenvalue weighted by molar-refractivity contribution is 5.73. The number of nitrogens with two attached hydrogens (primary N) is 1. The van der Waals surface area contributed by atoms with Crippen LogP contribution >= 0.6 is 0 Å². The van der Waals surface area contributed by atoms with Gasteiger partial charge in [-0.25, -0.2) is 4.68 Å². The van der Waals surface area contributed by atoms with Crippen molar-refractivity contribution < 1.29 is 27.8 Å². The molecule has 3 N–H and O–H groups in total. The third-order valence-electron chi connectivity index (χ3n) is 3.65. The topological polar surface area (TPSA) is 107 Å². The molecule has 1 heterocycles. The van der Waals surface area contributed by atoms with Crippen molar-refractivity contribution in [2.45, 2.75) is 25.2 Å². The molecule has 0 spiro atoms. The van der Waals surface area contributed by atoms with Gasteiger partial charge in [0, 0.05) is 6.42 Å². The molecule has 0 radical (unpaired) electrons. The molecule has 0 aliphatic carbocycles. The predicted octanol–water partition coefficient (Wildman–Crippen LogP) is 1.27. The molecular weight excluding hydrogens is 355 g/mol. The highest BCUT2D eigenvalue weighted by Crippen LogP contribution is 2.29. The Balaban J connectivity index is 2.42. The second kappa shape index (κ2) is 7.56. The molecule has 1 aromatic heterocycles. The zero-order chi connectivity index (χ0) is 19.5. The second-order valence-electron chi connectivity index (χ2n) is 5.50. The van der Waals surface area contributed by atoms with Crippen LogP contribution in [0.15, 0.2) is 35.3 Å². The maximum absolute atomic E-state index is 13.3. The Labute approximate surface area is 145 Å². The first-order chi connectivity index (χ1) is 12.1. The van der Waals surface area contributed by atoms with Crippen molar-refractivity contribution in [3.8, 4) is 5.75 Å². The minimum atomic E-state index is -4.96. The average Bonchev–Trinajstić information content (AvgIpc) is 2.56. The fraction of sp³-hybridized carbons (Fsp3) is 0.312. The van der Waals surface area contributed by atoms with Gasteiger partial charge in [-0.05, 0) is 23.3 Å². The van der Waals surface area contributed by atoms with Crippen LogP contribution in [0, 0.1) is 0 Å². The molecule has 140 valence electrons. The van der Waals surface area contributed by atoms with Crippen LogP contribution in [0.3, 0.4) is 0 Å². The third kappa shape index (κ3) is 4.39. The van der Waals surface area contributed by atoms with E-state index in [9.17, 15) is 22.8 Å². The van der Waals surface area contributed by atoms with Gasteiger partial charge in [0.1, 0.15) is 17.4 Å². The number of hydrogen-bond donors (Lipinski definition) is 2. The number of rotatable bonds is 6. The molecular formula is C16H16F3N3O4. The lowest BCUT2D eigenvalue weighted by molar-refractivity contribution is -0.141. The molecule has 2 aromatic rings. The van der Waals surface area contributed by atoms with E-state index in [1.807, 2.05) is 0 Å². The van der Waals surface area contributed by atoms with Crippen LogP contribution in [-0.2, 0) is 23.9 Å². The van der Waals surface area contributed by atoms with E-state index in [2.05, 4.69) is 5.10 Å². The van der Waals surface area contributed by atoms with E-state index >= 15 is 0 Å². The first kappa shape index (κ1) is 19.4. The average molecular weight is 371 g/mol.